The zero-order valence-corrected chi connectivity index (χ0v) is 39.0. The second-order valence-electron chi connectivity index (χ2n) is 17.7. The van der Waals surface area contributed by atoms with Crippen molar-refractivity contribution in [1.82, 2.24) is 30.9 Å². The van der Waals surface area contributed by atoms with E-state index in [4.69, 9.17) is 14.2 Å². The molecule has 1 rings (SSSR count). The van der Waals surface area contributed by atoms with Crippen molar-refractivity contribution in [2.24, 2.45) is 0 Å². The van der Waals surface area contributed by atoms with Gasteiger partial charge in [-0.3, -0.25) is 4.79 Å². The summed E-state index contributed by atoms with van der Waals surface area (Å²) in [6.07, 6.45) is 10.2. The van der Waals surface area contributed by atoms with Gasteiger partial charge in [-0.2, -0.15) is 0 Å². The van der Waals surface area contributed by atoms with E-state index >= 15 is 0 Å². The van der Waals surface area contributed by atoms with E-state index in [1.54, 1.807) is 67.0 Å². The topological polar surface area (TPSA) is 180 Å². The first-order valence-corrected chi connectivity index (χ1v) is 27.9. The van der Waals surface area contributed by atoms with Crippen LogP contribution in [0.2, 0.25) is 13.3 Å². The van der Waals surface area contributed by atoms with E-state index < -0.39 is 71.2 Å². The fourth-order valence-electron chi connectivity index (χ4n) is 6.08. The normalized spacial score (nSPS) is 13.4. The number of esters is 3. The van der Waals surface area contributed by atoms with Crippen molar-refractivity contribution in [3.05, 3.63) is 6.20 Å². The van der Waals surface area contributed by atoms with Gasteiger partial charge in [0.1, 0.15) is 22.8 Å². The van der Waals surface area contributed by atoms with E-state index in [1.807, 2.05) is 6.20 Å². The Morgan fingerprint density at radius 2 is 1.16 bits per heavy atom. The third-order valence-corrected chi connectivity index (χ3v) is 23.7. The summed E-state index contributed by atoms with van der Waals surface area (Å²) in [7, 11) is 0. The van der Waals surface area contributed by atoms with Crippen molar-refractivity contribution in [2.75, 3.05) is 6.54 Å². The van der Waals surface area contributed by atoms with Crippen molar-refractivity contribution in [1.29, 1.82) is 0 Å². The molecule has 0 saturated carbocycles. The minimum absolute atomic E-state index is 0.0652. The van der Waals surface area contributed by atoms with E-state index in [0.717, 1.165) is 0 Å². The first kappa shape index (κ1) is 50.1. The minimum atomic E-state index is -2.75. The first-order chi connectivity index (χ1) is 25.5. The molecule has 0 aliphatic heterocycles. The quantitative estimate of drug-likeness (QED) is 0.0452. The average molecular weight is 886 g/mol. The average Bonchev–Trinajstić information content (AvgIpc) is 3.52. The van der Waals surface area contributed by atoms with Gasteiger partial charge in [0, 0.05) is 6.42 Å². The molecule has 0 fully saturated rings. The standard InChI is InChI=1S/C28H47N6O8.3C4H9.Sn/c1-26(2,3)40-22(36)14-13-20(24(38)42-28(7,8)9)32-25(39)31-19(23(37)41-27(4,5)6)12-10-11-15-29-21(35)18-34-17-16-30-33-34;3*1-3-4-2;/h17,19-20H,10-15,18H2,1-9H3,(H,29,35)(H2,31,32,39);3*1,3-4H2,2H3;. The molecule has 0 bridgehead atoms. The van der Waals surface area contributed by atoms with Gasteiger partial charge in [0.25, 0.3) is 0 Å². The predicted octanol–water partition coefficient (Wildman–Crippen LogP) is 6.46. The van der Waals surface area contributed by atoms with Gasteiger partial charge in [0.15, 0.2) is 0 Å². The summed E-state index contributed by atoms with van der Waals surface area (Å²) in [5.41, 5.74) is -2.35. The molecule has 0 saturated heterocycles. The molecule has 1 heterocycles. The van der Waals surface area contributed by atoms with Gasteiger partial charge in [-0.15, -0.1) is 0 Å². The summed E-state index contributed by atoms with van der Waals surface area (Å²) in [4.78, 5) is 64.7. The molecule has 1 aromatic heterocycles. The SMILES string of the molecule is CCC[CH2][Sn]([CH2]CCC)([CH2]CCC)[c]1cn(CC(=O)NCCCCC(NC(=O)NC(CCC(=O)OC(C)(C)C)C(=O)OC(C)(C)C)C(=O)OC(C)(C)C)nn1. The maximum atomic E-state index is 13.2. The maximum absolute atomic E-state index is 13.2. The van der Waals surface area contributed by atoms with Crippen LogP contribution in [-0.4, -0.2) is 98.6 Å². The number of carbonyl (C=O) groups excluding carboxylic acids is 5. The number of nitrogens with zero attached hydrogens (tertiary/aromatic N) is 3. The molecule has 55 heavy (non-hydrogen) atoms. The molecule has 0 aromatic carbocycles. The van der Waals surface area contributed by atoms with Crippen LogP contribution in [-0.2, 0) is 39.9 Å². The monoisotopic (exact) mass is 886 g/mol. The number of ether oxygens (including phenoxy) is 3. The predicted molar refractivity (Wildman–Crippen MR) is 217 cm³/mol. The van der Waals surface area contributed by atoms with Crippen molar-refractivity contribution in [3.8, 4) is 0 Å². The van der Waals surface area contributed by atoms with Crippen molar-refractivity contribution in [2.45, 2.75) is 202 Å². The summed E-state index contributed by atoms with van der Waals surface area (Å²) in [6.45, 7) is 22.7. The van der Waals surface area contributed by atoms with Crippen LogP contribution in [0, 0.1) is 0 Å². The molecular weight excluding hydrogens is 811 g/mol. The van der Waals surface area contributed by atoms with Gasteiger partial charge in [0.05, 0.1) is 0 Å². The van der Waals surface area contributed by atoms with Crippen molar-refractivity contribution in [3.63, 3.8) is 0 Å². The number of aromatic nitrogens is 3. The fourth-order valence-corrected chi connectivity index (χ4v) is 21.2. The third kappa shape index (κ3) is 21.8. The molecule has 0 aliphatic carbocycles. The Kier molecular flexibility index (Phi) is 21.9. The molecule has 0 radical (unpaired) electrons. The molecule has 2 atom stereocenters. The van der Waals surface area contributed by atoms with Crippen LogP contribution in [0.4, 0.5) is 4.79 Å². The van der Waals surface area contributed by atoms with Crippen LogP contribution in [0.1, 0.15) is 154 Å². The van der Waals surface area contributed by atoms with Gasteiger partial charge in [0.2, 0.25) is 0 Å². The van der Waals surface area contributed by atoms with E-state index in [0.29, 0.717) is 19.4 Å². The van der Waals surface area contributed by atoms with Gasteiger partial charge in [-0.25, -0.2) is 14.4 Å². The van der Waals surface area contributed by atoms with Gasteiger partial charge in [-0.1, -0.05) is 0 Å². The third-order valence-electron chi connectivity index (χ3n) is 8.71. The number of hydrogen-bond donors (Lipinski definition) is 3. The molecular formula is C40H74N6O8Sn. The van der Waals surface area contributed by atoms with Gasteiger partial charge < -0.3 is 19.5 Å². The Hall–Kier alpha value is -2.91. The zero-order chi connectivity index (χ0) is 41.9. The van der Waals surface area contributed by atoms with Crippen LogP contribution in [0.25, 0.3) is 0 Å². The molecule has 1 aromatic rings. The van der Waals surface area contributed by atoms with Crippen molar-refractivity contribution >= 4 is 51.9 Å². The Bertz CT molecular complexity index is 1330. The second kappa shape index (κ2) is 24.0. The van der Waals surface area contributed by atoms with Crippen LogP contribution >= 0.6 is 0 Å². The van der Waals surface area contributed by atoms with Crippen LogP contribution < -0.4 is 19.7 Å². The summed E-state index contributed by atoms with van der Waals surface area (Å²) < 4.78 is 23.1. The fraction of sp³-hybridized carbons (Fsp3) is 0.825. The number of hydrogen-bond acceptors (Lipinski definition) is 10. The molecule has 0 spiro atoms. The Balaban J connectivity index is 2.90. The Morgan fingerprint density at radius 1 is 0.691 bits per heavy atom. The van der Waals surface area contributed by atoms with E-state index in [9.17, 15) is 24.0 Å². The summed E-state index contributed by atoms with van der Waals surface area (Å²) in [5.74, 6) is -2.04. The summed E-state index contributed by atoms with van der Waals surface area (Å²) in [6, 6.07) is -3.00. The molecule has 14 nitrogen and oxygen atoms in total. The Morgan fingerprint density at radius 3 is 1.62 bits per heavy atom. The van der Waals surface area contributed by atoms with Crippen LogP contribution in [0.3, 0.4) is 0 Å². The van der Waals surface area contributed by atoms with Gasteiger partial charge >= 0.3 is 200 Å². The van der Waals surface area contributed by atoms with E-state index in [2.05, 4.69) is 47.0 Å². The number of urea groups is 1. The van der Waals surface area contributed by atoms with Crippen LogP contribution in [0.15, 0.2) is 6.20 Å². The number of amides is 3. The van der Waals surface area contributed by atoms with E-state index in [-0.39, 0.29) is 31.7 Å². The van der Waals surface area contributed by atoms with E-state index in [1.165, 1.54) is 55.5 Å². The molecule has 3 amide bonds. The summed E-state index contributed by atoms with van der Waals surface area (Å²) >= 11 is -2.75. The molecule has 2 unspecified atom stereocenters. The number of nitrogens with one attached hydrogen (secondary N) is 3. The second-order valence-corrected chi connectivity index (χ2v) is 30.7. The first-order valence-electron chi connectivity index (χ1n) is 20.4. The number of rotatable bonds is 24. The summed E-state index contributed by atoms with van der Waals surface area (Å²) in [5, 5.41) is 17.2. The molecule has 316 valence electrons. The number of carbonyl (C=O) groups is 5. The molecule has 3 N–H and O–H groups in total. The van der Waals surface area contributed by atoms with Crippen molar-refractivity contribution < 1.29 is 38.2 Å². The zero-order valence-electron chi connectivity index (χ0n) is 36.2. The van der Waals surface area contributed by atoms with Crippen LogP contribution in [0.5, 0.6) is 0 Å². The van der Waals surface area contributed by atoms with Gasteiger partial charge in [-0.05, 0) is 68.7 Å². The number of unbranched alkanes of at least 4 members (excludes halogenated alkanes) is 4. The Labute approximate surface area is 335 Å². The molecule has 0 aliphatic rings. The molecule has 15 heteroatoms.